The van der Waals surface area contributed by atoms with Gasteiger partial charge in [0.1, 0.15) is 0 Å². The molecule has 1 N–H and O–H groups in total. The van der Waals surface area contributed by atoms with E-state index in [9.17, 15) is 5.11 Å². The summed E-state index contributed by atoms with van der Waals surface area (Å²) in [5.41, 5.74) is 0. The van der Waals surface area contributed by atoms with E-state index in [1.165, 1.54) is 0 Å². The first kappa shape index (κ1) is 7.76. The summed E-state index contributed by atoms with van der Waals surface area (Å²) < 4.78 is 5.38. The van der Waals surface area contributed by atoms with Crippen LogP contribution in [0.3, 0.4) is 0 Å². The van der Waals surface area contributed by atoms with E-state index >= 15 is 0 Å². The molecule has 0 spiro atoms. The van der Waals surface area contributed by atoms with Crippen molar-refractivity contribution in [2.24, 2.45) is 0 Å². The predicted molar refractivity (Wildman–Crippen MR) is 39.8 cm³/mol. The van der Waals surface area contributed by atoms with Gasteiger partial charge in [-0.15, -0.1) is 0 Å². The van der Waals surface area contributed by atoms with Crippen molar-refractivity contribution in [1.82, 2.24) is 0 Å². The number of ether oxygens (including phenoxy) is 1. The Balaban J connectivity index is 2.39. The molecule has 0 saturated carbocycles. The molecule has 1 aliphatic heterocycles. The van der Waals surface area contributed by atoms with Gasteiger partial charge in [-0.2, -0.15) is 0 Å². The average molecular weight is 142 g/mol. The third-order valence-electron chi connectivity index (χ3n) is 1.75. The second-order valence-corrected chi connectivity index (χ2v) is 2.59. The molecule has 0 aromatic heterocycles. The lowest BCUT2D eigenvalue weighted by Gasteiger charge is -2.13. The maximum absolute atomic E-state index is 9.22. The van der Waals surface area contributed by atoms with Crippen molar-refractivity contribution < 1.29 is 9.84 Å². The van der Waals surface area contributed by atoms with Gasteiger partial charge in [-0.25, -0.2) is 0 Å². The zero-order valence-electron chi connectivity index (χ0n) is 6.29. The van der Waals surface area contributed by atoms with Gasteiger partial charge in [-0.3, -0.25) is 0 Å². The predicted octanol–water partition coefficient (Wildman–Crippen LogP) is 1.10. The smallest absolute Gasteiger partial charge is 0.0746 e. The summed E-state index contributed by atoms with van der Waals surface area (Å²) in [7, 11) is 0. The Kier molecular flexibility index (Phi) is 2.90. The van der Waals surface area contributed by atoms with Crippen molar-refractivity contribution in [3.63, 3.8) is 0 Å². The molecule has 58 valence electrons. The van der Waals surface area contributed by atoms with Gasteiger partial charge < -0.3 is 9.84 Å². The molecule has 1 aliphatic rings. The maximum atomic E-state index is 9.22. The average Bonchev–Trinajstić information content (AvgIpc) is 2.13. The van der Waals surface area contributed by atoms with Crippen LogP contribution in [0.25, 0.3) is 0 Å². The van der Waals surface area contributed by atoms with Crippen molar-refractivity contribution in [3.8, 4) is 0 Å². The molecule has 2 heteroatoms. The van der Waals surface area contributed by atoms with Gasteiger partial charge in [0.15, 0.2) is 0 Å². The van der Waals surface area contributed by atoms with Crippen molar-refractivity contribution in [1.29, 1.82) is 0 Å². The van der Waals surface area contributed by atoms with E-state index in [4.69, 9.17) is 4.74 Å². The van der Waals surface area contributed by atoms with Gasteiger partial charge in [0.25, 0.3) is 0 Å². The molecule has 1 rings (SSSR count). The number of hydrogen-bond acceptors (Lipinski definition) is 2. The molecule has 1 heterocycles. The molecule has 0 aliphatic carbocycles. The molecular formula is C8H14O2. The molecule has 0 amide bonds. The van der Waals surface area contributed by atoms with Crippen molar-refractivity contribution in [3.05, 3.63) is 12.2 Å². The Morgan fingerprint density at radius 3 is 3.20 bits per heavy atom. The highest BCUT2D eigenvalue weighted by Gasteiger charge is 2.12. The molecule has 2 atom stereocenters. The van der Waals surface area contributed by atoms with Crippen LogP contribution in [-0.2, 0) is 4.74 Å². The molecule has 0 fully saturated rings. The SMILES string of the molecule is CC[C@H]1C[C@H](O)C=CCO1. The van der Waals surface area contributed by atoms with Crippen LogP contribution >= 0.6 is 0 Å². The van der Waals surface area contributed by atoms with Crippen LogP contribution in [0, 0.1) is 0 Å². The lowest BCUT2D eigenvalue weighted by Crippen LogP contribution is -2.16. The molecule has 2 nitrogen and oxygen atoms in total. The summed E-state index contributed by atoms with van der Waals surface area (Å²) in [5, 5.41) is 9.22. The molecule has 0 unspecified atom stereocenters. The van der Waals surface area contributed by atoms with E-state index in [0.717, 1.165) is 12.8 Å². The second-order valence-electron chi connectivity index (χ2n) is 2.59. The fourth-order valence-electron chi connectivity index (χ4n) is 1.10. The zero-order chi connectivity index (χ0) is 7.40. The van der Waals surface area contributed by atoms with Crippen LogP contribution in [0.2, 0.25) is 0 Å². The van der Waals surface area contributed by atoms with Crippen molar-refractivity contribution >= 4 is 0 Å². The number of rotatable bonds is 1. The van der Waals surface area contributed by atoms with Gasteiger partial charge in [0, 0.05) is 6.42 Å². The minimum atomic E-state index is -0.299. The molecule has 0 aromatic rings. The van der Waals surface area contributed by atoms with Crippen LogP contribution in [0.1, 0.15) is 19.8 Å². The van der Waals surface area contributed by atoms with Crippen LogP contribution in [0.15, 0.2) is 12.2 Å². The summed E-state index contributed by atoms with van der Waals surface area (Å²) in [6, 6.07) is 0. The van der Waals surface area contributed by atoms with Crippen molar-refractivity contribution in [2.75, 3.05) is 6.61 Å². The first-order valence-corrected chi connectivity index (χ1v) is 3.79. The van der Waals surface area contributed by atoms with Crippen LogP contribution in [0.4, 0.5) is 0 Å². The lowest BCUT2D eigenvalue weighted by molar-refractivity contribution is 0.0454. The summed E-state index contributed by atoms with van der Waals surface area (Å²) >= 11 is 0. The summed E-state index contributed by atoms with van der Waals surface area (Å²) in [5.74, 6) is 0. The Hall–Kier alpha value is -0.340. The zero-order valence-corrected chi connectivity index (χ0v) is 6.29. The van der Waals surface area contributed by atoms with Crippen LogP contribution < -0.4 is 0 Å². The van der Waals surface area contributed by atoms with Gasteiger partial charge in [0.2, 0.25) is 0 Å². The quantitative estimate of drug-likeness (QED) is 0.555. The highest BCUT2D eigenvalue weighted by atomic mass is 16.5. The van der Waals surface area contributed by atoms with Gasteiger partial charge in [-0.1, -0.05) is 19.1 Å². The third kappa shape index (κ3) is 2.12. The standard InChI is InChI=1S/C8H14O2/c1-2-8-6-7(9)4-3-5-10-8/h3-4,7-9H,2,5-6H2,1H3/t7-,8+/m1/s1. The Morgan fingerprint density at radius 1 is 1.70 bits per heavy atom. The minimum absolute atomic E-state index is 0.241. The summed E-state index contributed by atoms with van der Waals surface area (Å²) in [6.07, 6.45) is 5.35. The first-order valence-electron chi connectivity index (χ1n) is 3.79. The largest absolute Gasteiger partial charge is 0.389 e. The Bertz CT molecular complexity index is 120. The van der Waals surface area contributed by atoms with E-state index in [1.807, 2.05) is 6.08 Å². The second kappa shape index (κ2) is 3.74. The third-order valence-corrected chi connectivity index (χ3v) is 1.75. The fraction of sp³-hybridized carbons (Fsp3) is 0.750. The molecule has 0 saturated heterocycles. The maximum Gasteiger partial charge on any atom is 0.0746 e. The molecule has 0 radical (unpaired) electrons. The number of aliphatic hydroxyl groups excluding tert-OH is 1. The van der Waals surface area contributed by atoms with E-state index in [-0.39, 0.29) is 12.2 Å². The van der Waals surface area contributed by atoms with E-state index < -0.39 is 0 Å². The minimum Gasteiger partial charge on any atom is -0.389 e. The first-order chi connectivity index (χ1) is 4.83. The van der Waals surface area contributed by atoms with Crippen LogP contribution in [0.5, 0.6) is 0 Å². The lowest BCUT2D eigenvalue weighted by atomic mass is 10.1. The topological polar surface area (TPSA) is 29.5 Å². The number of aliphatic hydroxyl groups is 1. The highest BCUT2D eigenvalue weighted by molar-refractivity contribution is 4.92. The van der Waals surface area contributed by atoms with Crippen LogP contribution in [-0.4, -0.2) is 23.9 Å². The van der Waals surface area contributed by atoms with Gasteiger partial charge in [-0.05, 0) is 6.42 Å². The van der Waals surface area contributed by atoms with E-state index in [2.05, 4.69) is 6.92 Å². The summed E-state index contributed by atoms with van der Waals surface area (Å²) in [6.45, 7) is 2.72. The van der Waals surface area contributed by atoms with Gasteiger partial charge in [0.05, 0.1) is 18.8 Å². The molecule has 10 heavy (non-hydrogen) atoms. The molecule has 0 bridgehead atoms. The van der Waals surface area contributed by atoms with E-state index in [1.54, 1.807) is 6.08 Å². The molecule has 0 aromatic carbocycles. The number of hydrogen-bond donors (Lipinski definition) is 1. The van der Waals surface area contributed by atoms with Gasteiger partial charge >= 0.3 is 0 Å². The normalized spacial score (nSPS) is 33.8. The highest BCUT2D eigenvalue weighted by Crippen LogP contribution is 2.11. The van der Waals surface area contributed by atoms with Crippen molar-refractivity contribution in [2.45, 2.75) is 32.0 Å². The Labute approximate surface area is 61.5 Å². The summed E-state index contributed by atoms with van der Waals surface area (Å²) in [4.78, 5) is 0. The van der Waals surface area contributed by atoms with E-state index in [0.29, 0.717) is 6.61 Å². The molecular weight excluding hydrogens is 128 g/mol. The Morgan fingerprint density at radius 2 is 2.50 bits per heavy atom. The fourth-order valence-corrected chi connectivity index (χ4v) is 1.10. The monoisotopic (exact) mass is 142 g/mol.